The van der Waals surface area contributed by atoms with E-state index in [1.165, 1.54) is 27.2 Å². The van der Waals surface area contributed by atoms with Gasteiger partial charge in [-0.1, -0.05) is 6.07 Å². The lowest BCUT2D eigenvalue weighted by Gasteiger charge is -2.16. The number of ether oxygens (including phenoxy) is 2. The molecule has 2 aromatic rings. The summed E-state index contributed by atoms with van der Waals surface area (Å²) in [4.78, 5) is 12.3. The molecule has 0 bridgehead atoms. The molecular formula is C15H18N2O5S2. The van der Waals surface area contributed by atoms with Gasteiger partial charge in [-0.2, -0.15) is 4.72 Å². The van der Waals surface area contributed by atoms with Crippen molar-refractivity contribution < 1.29 is 22.7 Å². The van der Waals surface area contributed by atoms with Gasteiger partial charge in [0.25, 0.3) is 10.0 Å². The average molecular weight is 370 g/mol. The molecule has 0 aliphatic heterocycles. The Balaban J connectivity index is 2.09. The van der Waals surface area contributed by atoms with E-state index >= 15 is 0 Å². The molecule has 0 saturated carbocycles. The van der Waals surface area contributed by atoms with Crippen molar-refractivity contribution in [3.05, 3.63) is 35.7 Å². The van der Waals surface area contributed by atoms with E-state index in [4.69, 9.17) is 9.47 Å². The Kier molecular flexibility index (Phi) is 5.81. The predicted octanol–water partition coefficient (Wildman–Crippen LogP) is 2.07. The van der Waals surface area contributed by atoms with Crippen LogP contribution < -0.4 is 19.5 Å². The Morgan fingerprint density at radius 3 is 2.54 bits per heavy atom. The van der Waals surface area contributed by atoms with E-state index in [2.05, 4.69) is 10.0 Å². The minimum absolute atomic E-state index is 0.157. The zero-order valence-corrected chi connectivity index (χ0v) is 15.0. The van der Waals surface area contributed by atoms with E-state index in [0.29, 0.717) is 17.2 Å². The van der Waals surface area contributed by atoms with E-state index in [0.717, 1.165) is 11.3 Å². The molecule has 0 aliphatic carbocycles. The van der Waals surface area contributed by atoms with Gasteiger partial charge in [0.15, 0.2) is 0 Å². The molecule has 1 heterocycles. The summed E-state index contributed by atoms with van der Waals surface area (Å²) < 4.78 is 37.1. The summed E-state index contributed by atoms with van der Waals surface area (Å²) in [6.45, 7) is 1.47. The largest absolute Gasteiger partial charge is 0.497 e. The summed E-state index contributed by atoms with van der Waals surface area (Å²) in [5, 5.41) is 4.29. The van der Waals surface area contributed by atoms with E-state index < -0.39 is 22.0 Å². The van der Waals surface area contributed by atoms with Crippen molar-refractivity contribution in [2.24, 2.45) is 0 Å². The number of amides is 1. The minimum atomic E-state index is -3.72. The highest BCUT2D eigenvalue weighted by Crippen LogP contribution is 2.29. The summed E-state index contributed by atoms with van der Waals surface area (Å²) in [6.07, 6.45) is 0. The highest BCUT2D eigenvalue weighted by molar-refractivity contribution is 7.91. The molecule has 24 heavy (non-hydrogen) atoms. The lowest BCUT2D eigenvalue weighted by Crippen LogP contribution is -2.41. The van der Waals surface area contributed by atoms with Crippen molar-refractivity contribution in [3.8, 4) is 11.5 Å². The molecule has 9 heteroatoms. The number of hydrogen-bond acceptors (Lipinski definition) is 6. The normalized spacial score (nSPS) is 12.5. The first-order chi connectivity index (χ1) is 11.4. The van der Waals surface area contributed by atoms with Crippen LogP contribution in [0.15, 0.2) is 39.9 Å². The van der Waals surface area contributed by atoms with Crippen LogP contribution in [-0.4, -0.2) is 34.6 Å². The number of carbonyl (C=O) groups is 1. The first-order valence-electron chi connectivity index (χ1n) is 6.96. The third-order valence-electron chi connectivity index (χ3n) is 3.15. The quantitative estimate of drug-likeness (QED) is 0.778. The molecule has 2 rings (SSSR count). The standard InChI is InChI=1S/C15H18N2O5S2/c1-10(17-24(19,20)14-5-4-8-23-14)15(18)16-12-7-6-11(21-2)9-13(12)22-3/h4-10,17H,1-3H3,(H,16,18). The SMILES string of the molecule is COc1ccc(NC(=O)C(C)NS(=O)(=O)c2cccs2)c(OC)c1. The first kappa shape index (κ1) is 18.2. The molecular weight excluding hydrogens is 352 g/mol. The smallest absolute Gasteiger partial charge is 0.250 e. The van der Waals surface area contributed by atoms with E-state index in [1.807, 2.05) is 0 Å². The molecule has 1 atom stereocenters. The molecule has 0 spiro atoms. The van der Waals surface area contributed by atoms with Crippen LogP contribution in [0.3, 0.4) is 0 Å². The fraction of sp³-hybridized carbons (Fsp3) is 0.267. The summed E-state index contributed by atoms with van der Waals surface area (Å²) in [5.41, 5.74) is 0.422. The van der Waals surface area contributed by atoms with Crippen LogP contribution in [0.1, 0.15) is 6.92 Å². The number of benzene rings is 1. The highest BCUT2D eigenvalue weighted by atomic mass is 32.2. The van der Waals surface area contributed by atoms with Crippen molar-refractivity contribution in [2.45, 2.75) is 17.2 Å². The van der Waals surface area contributed by atoms with Crippen molar-refractivity contribution >= 4 is 33.0 Å². The molecule has 0 saturated heterocycles. The van der Waals surface area contributed by atoms with Crippen LogP contribution in [-0.2, 0) is 14.8 Å². The summed E-state index contributed by atoms with van der Waals surface area (Å²) in [7, 11) is -0.735. The maximum atomic E-state index is 12.3. The third-order valence-corrected chi connectivity index (χ3v) is 6.09. The highest BCUT2D eigenvalue weighted by Gasteiger charge is 2.23. The molecule has 2 N–H and O–H groups in total. The number of carbonyl (C=O) groups excluding carboxylic acids is 1. The lowest BCUT2D eigenvalue weighted by molar-refractivity contribution is -0.117. The maximum absolute atomic E-state index is 12.3. The van der Waals surface area contributed by atoms with Crippen molar-refractivity contribution in [2.75, 3.05) is 19.5 Å². The van der Waals surface area contributed by atoms with E-state index in [1.54, 1.807) is 29.6 Å². The number of thiophene rings is 1. The minimum Gasteiger partial charge on any atom is -0.497 e. The molecule has 0 fully saturated rings. The summed E-state index contributed by atoms with van der Waals surface area (Å²) in [6, 6.07) is 7.06. The van der Waals surface area contributed by atoms with Gasteiger partial charge in [0.1, 0.15) is 15.7 Å². The number of hydrogen-bond donors (Lipinski definition) is 2. The predicted molar refractivity (Wildman–Crippen MR) is 92.3 cm³/mol. The van der Waals surface area contributed by atoms with Crippen LogP contribution in [0.4, 0.5) is 5.69 Å². The summed E-state index contributed by atoms with van der Waals surface area (Å²) >= 11 is 1.08. The number of anilines is 1. The van der Waals surface area contributed by atoms with Gasteiger partial charge in [-0.05, 0) is 30.5 Å². The van der Waals surface area contributed by atoms with Crippen molar-refractivity contribution in [3.63, 3.8) is 0 Å². The number of methoxy groups -OCH3 is 2. The van der Waals surface area contributed by atoms with Crippen molar-refractivity contribution in [1.29, 1.82) is 0 Å². The molecule has 1 aromatic heterocycles. The van der Waals surface area contributed by atoms with Gasteiger partial charge in [0, 0.05) is 6.07 Å². The van der Waals surface area contributed by atoms with Gasteiger partial charge in [-0.15, -0.1) is 11.3 Å². The molecule has 0 aliphatic rings. The number of nitrogens with one attached hydrogen (secondary N) is 2. The monoisotopic (exact) mass is 370 g/mol. The van der Waals surface area contributed by atoms with Gasteiger partial charge in [0.05, 0.1) is 25.9 Å². The van der Waals surface area contributed by atoms with Gasteiger partial charge in [-0.3, -0.25) is 4.79 Å². The summed E-state index contributed by atoms with van der Waals surface area (Å²) in [5.74, 6) is 0.492. The van der Waals surface area contributed by atoms with Crippen LogP contribution in [0.2, 0.25) is 0 Å². The fourth-order valence-electron chi connectivity index (χ4n) is 1.90. The molecule has 0 radical (unpaired) electrons. The second kappa shape index (κ2) is 7.65. The molecule has 7 nitrogen and oxygen atoms in total. The Labute approximate surface area is 144 Å². The first-order valence-corrected chi connectivity index (χ1v) is 9.32. The van der Waals surface area contributed by atoms with Crippen molar-refractivity contribution in [1.82, 2.24) is 4.72 Å². The van der Waals surface area contributed by atoms with Gasteiger partial charge < -0.3 is 14.8 Å². The van der Waals surface area contributed by atoms with E-state index in [-0.39, 0.29) is 4.21 Å². The van der Waals surface area contributed by atoms with Crippen LogP contribution in [0, 0.1) is 0 Å². The Bertz CT molecular complexity index is 803. The zero-order chi connectivity index (χ0) is 17.7. The Morgan fingerprint density at radius 2 is 1.96 bits per heavy atom. The molecule has 1 amide bonds. The van der Waals surface area contributed by atoms with Gasteiger partial charge >= 0.3 is 0 Å². The van der Waals surface area contributed by atoms with Crippen LogP contribution >= 0.6 is 11.3 Å². The van der Waals surface area contributed by atoms with Crippen LogP contribution in [0.5, 0.6) is 11.5 Å². The molecule has 1 unspecified atom stereocenters. The number of rotatable bonds is 7. The fourth-order valence-corrected chi connectivity index (χ4v) is 4.12. The Morgan fingerprint density at radius 1 is 1.21 bits per heavy atom. The zero-order valence-electron chi connectivity index (χ0n) is 13.4. The van der Waals surface area contributed by atoms with Crippen LogP contribution in [0.25, 0.3) is 0 Å². The van der Waals surface area contributed by atoms with Gasteiger partial charge in [0.2, 0.25) is 5.91 Å². The average Bonchev–Trinajstić information content (AvgIpc) is 3.10. The second-order valence-electron chi connectivity index (χ2n) is 4.83. The molecule has 1 aromatic carbocycles. The second-order valence-corrected chi connectivity index (χ2v) is 7.72. The Hall–Kier alpha value is -2.10. The van der Waals surface area contributed by atoms with Gasteiger partial charge in [-0.25, -0.2) is 8.42 Å². The van der Waals surface area contributed by atoms with E-state index in [9.17, 15) is 13.2 Å². The number of sulfonamides is 1. The third kappa shape index (κ3) is 4.25. The lowest BCUT2D eigenvalue weighted by atomic mass is 10.2. The topological polar surface area (TPSA) is 93.7 Å². The molecule has 130 valence electrons. The maximum Gasteiger partial charge on any atom is 0.250 e.